The van der Waals surface area contributed by atoms with E-state index in [1.807, 2.05) is 22.7 Å². The Morgan fingerprint density at radius 3 is 2.94 bits per heavy atom. The molecule has 0 aliphatic carbocycles. The van der Waals surface area contributed by atoms with Crippen LogP contribution in [-0.4, -0.2) is 28.8 Å². The summed E-state index contributed by atoms with van der Waals surface area (Å²) in [5, 5.41) is 4.33. The van der Waals surface area contributed by atoms with E-state index in [1.165, 1.54) is 0 Å². The summed E-state index contributed by atoms with van der Waals surface area (Å²) in [5.74, 6) is 1.40. The van der Waals surface area contributed by atoms with Crippen LogP contribution >= 0.6 is 0 Å². The molecule has 1 fully saturated rings. The molecule has 1 aliphatic heterocycles. The van der Waals surface area contributed by atoms with Gasteiger partial charge in [0.25, 0.3) is 0 Å². The van der Waals surface area contributed by atoms with Crippen LogP contribution in [0.5, 0.6) is 0 Å². The second-order valence-electron chi connectivity index (χ2n) is 4.68. The van der Waals surface area contributed by atoms with Gasteiger partial charge in [-0.05, 0) is 25.8 Å². The van der Waals surface area contributed by atoms with Crippen LogP contribution in [-0.2, 0) is 11.3 Å². The maximum Gasteiger partial charge on any atom is 0.228 e. The smallest absolute Gasteiger partial charge is 0.228 e. The monoisotopic (exact) mass is 236 g/mol. The van der Waals surface area contributed by atoms with E-state index < -0.39 is 0 Å². The summed E-state index contributed by atoms with van der Waals surface area (Å²) < 4.78 is 1.92. The molecule has 0 radical (unpaired) electrons. The van der Waals surface area contributed by atoms with Crippen LogP contribution in [0, 0.1) is 12.8 Å². The molecule has 2 heterocycles. The van der Waals surface area contributed by atoms with Crippen molar-refractivity contribution in [1.29, 1.82) is 0 Å². The first kappa shape index (κ1) is 12.1. The number of nitrogens with zero attached hydrogens (tertiary/aromatic N) is 3. The SMILES string of the molecule is CCCn1ncc(C)c1N1CC(CN)CC1=O. The van der Waals surface area contributed by atoms with Gasteiger partial charge in [0, 0.05) is 25.1 Å². The zero-order valence-electron chi connectivity index (χ0n) is 10.5. The van der Waals surface area contributed by atoms with Crippen molar-refractivity contribution in [2.45, 2.75) is 33.2 Å². The van der Waals surface area contributed by atoms with E-state index in [2.05, 4.69) is 12.0 Å². The maximum atomic E-state index is 12.0. The normalized spacial score (nSPS) is 20.3. The van der Waals surface area contributed by atoms with Crippen molar-refractivity contribution in [3.05, 3.63) is 11.8 Å². The average molecular weight is 236 g/mol. The Labute approximate surface area is 102 Å². The topological polar surface area (TPSA) is 64.2 Å². The molecule has 0 spiro atoms. The van der Waals surface area contributed by atoms with E-state index >= 15 is 0 Å². The maximum absolute atomic E-state index is 12.0. The fourth-order valence-electron chi connectivity index (χ4n) is 2.34. The highest BCUT2D eigenvalue weighted by Crippen LogP contribution is 2.27. The minimum Gasteiger partial charge on any atom is -0.330 e. The molecule has 1 unspecified atom stereocenters. The number of aromatic nitrogens is 2. The molecule has 1 aromatic rings. The summed E-state index contributed by atoms with van der Waals surface area (Å²) in [6.07, 6.45) is 3.40. The van der Waals surface area contributed by atoms with Gasteiger partial charge in [0.15, 0.2) is 0 Å². The number of hydrogen-bond acceptors (Lipinski definition) is 3. The van der Waals surface area contributed by atoms with Crippen LogP contribution in [0.2, 0.25) is 0 Å². The molecular formula is C12H20N4O. The summed E-state index contributed by atoms with van der Waals surface area (Å²) >= 11 is 0. The van der Waals surface area contributed by atoms with E-state index in [4.69, 9.17) is 5.73 Å². The zero-order valence-corrected chi connectivity index (χ0v) is 10.5. The standard InChI is InChI=1S/C12H20N4O/c1-3-4-16-12(9(2)7-14-16)15-8-10(6-13)5-11(15)17/h7,10H,3-6,8,13H2,1-2H3. The minimum absolute atomic E-state index is 0.168. The molecule has 5 heteroatoms. The van der Waals surface area contributed by atoms with Gasteiger partial charge in [-0.1, -0.05) is 6.92 Å². The third-order valence-electron chi connectivity index (χ3n) is 3.22. The highest BCUT2D eigenvalue weighted by Gasteiger charge is 2.32. The van der Waals surface area contributed by atoms with Gasteiger partial charge in [0.1, 0.15) is 5.82 Å². The van der Waals surface area contributed by atoms with Crippen LogP contribution in [0.4, 0.5) is 5.82 Å². The number of carbonyl (C=O) groups is 1. The predicted octanol–water partition coefficient (Wildman–Crippen LogP) is 0.913. The van der Waals surface area contributed by atoms with E-state index in [0.717, 1.165) is 30.9 Å². The number of carbonyl (C=O) groups excluding carboxylic acids is 1. The Morgan fingerprint density at radius 1 is 1.59 bits per heavy atom. The van der Waals surface area contributed by atoms with Crippen molar-refractivity contribution in [3.8, 4) is 0 Å². The Kier molecular flexibility index (Phi) is 3.47. The van der Waals surface area contributed by atoms with Crippen LogP contribution in [0.3, 0.4) is 0 Å². The molecule has 0 saturated carbocycles. The van der Waals surface area contributed by atoms with Crippen LogP contribution < -0.4 is 10.6 Å². The van der Waals surface area contributed by atoms with Crippen molar-refractivity contribution in [2.24, 2.45) is 11.7 Å². The summed E-state index contributed by atoms with van der Waals surface area (Å²) in [6.45, 7) is 6.25. The van der Waals surface area contributed by atoms with E-state index in [9.17, 15) is 4.79 Å². The van der Waals surface area contributed by atoms with E-state index in [0.29, 0.717) is 13.0 Å². The Hall–Kier alpha value is -1.36. The largest absolute Gasteiger partial charge is 0.330 e. The lowest BCUT2D eigenvalue weighted by atomic mass is 10.1. The summed E-state index contributed by atoms with van der Waals surface area (Å²) in [5.41, 5.74) is 6.70. The fourth-order valence-corrected chi connectivity index (χ4v) is 2.34. The van der Waals surface area contributed by atoms with Gasteiger partial charge >= 0.3 is 0 Å². The summed E-state index contributed by atoms with van der Waals surface area (Å²) in [6, 6.07) is 0. The van der Waals surface area contributed by atoms with Gasteiger partial charge in [-0.25, -0.2) is 4.68 Å². The zero-order chi connectivity index (χ0) is 12.4. The highest BCUT2D eigenvalue weighted by molar-refractivity contribution is 5.95. The molecule has 17 heavy (non-hydrogen) atoms. The summed E-state index contributed by atoms with van der Waals surface area (Å²) in [4.78, 5) is 13.8. The number of nitrogens with two attached hydrogens (primary N) is 1. The number of amides is 1. The first-order valence-corrected chi connectivity index (χ1v) is 6.20. The van der Waals surface area contributed by atoms with E-state index in [1.54, 1.807) is 0 Å². The van der Waals surface area contributed by atoms with Crippen LogP contribution in [0.1, 0.15) is 25.3 Å². The summed E-state index contributed by atoms with van der Waals surface area (Å²) in [7, 11) is 0. The molecule has 5 nitrogen and oxygen atoms in total. The molecule has 2 rings (SSSR count). The number of rotatable bonds is 4. The molecule has 1 saturated heterocycles. The van der Waals surface area contributed by atoms with Crippen LogP contribution in [0.15, 0.2) is 6.20 Å². The van der Waals surface area contributed by atoms with Gasteiger partial charge in [0.2, 0.25) is 5.91 Å². The third-order valence-corrected chi connectivity index (χ3v) is 3.22. The number of anilines is 1. The van der Waals surface area contributed by atoms with Gasteiger partial charge in [-0.3, -0.25) is 9.69 Å². The highest BCUT2D eigenvalue weighted by atomic mass is 16.2. The second-order valence-corrected chi connectivity index (χ2v) is 4.68. The fraction of sp³-hybridized carbons (Fsp3) is 0.667. The van der Waals surface area contributed by atoms with Crippen molar-refractivity contribution < 1.29 is 4.79 Å². The lowest BCUT2D eigenvalue weighted by molar-refractivity contribution is -0.117. The third kappa shape index (κ3) is 2.20. The number of aryl methyl sites for hydroxylation is 2. The first-order chi connectivity index (χ1) is 8.17. The lowest BCUT2D eigenvalue weighted by Crippen LogP contribution is -2.29. The molecular weight excluding hydrogens is 216 g/mol. The molecule has 94 valence electrons. The Balaban J connectivity index is 2.27. The molecule has 0 bridgehead atoms. The van der Waals surface area contributed by atoms with Crippen molar-refractivity contribution >= 4 is 11.7 Å². The molecule has 1 aromatic heterocycles. The number of hydrogen-bond donors (Lipinski definition) is 1. The van der Waals surface area contributed by atoms with E-state index in [-0.39, 0.29) is 11.8 Å². The van der Waals surface area contributed by atoms with Crippen molar-refractivity contribution in [3.63, 3.8) is 0 Å². The van der Waals surface area contributed by atoms with Crippen LogP contribution in [0.25, 0.3) is 0 Å². The van der Waals surface area contributed by atoms with Crippen molar-refractivity contribution in [2.75, 3.05) is 18.0 Å². The van der Waals surface area contributed by atoms with Crippen molar-refractivity contribution in [1.82, 2.24) is 9.78 Å². The first-order valence-electron chi connectivity index (χ1n) is 6.20. The quantitative estimate of drug-likeness (QED) is 0.845. The molecule has 1 amide bonds. The van der Waals surface area contributed by atoms with Gasteiger partial charge < -0.3 is 5.73 Å². The van der Waals surface area contributed by atoms with Gasteiger partial charge in [-0.2, -0.15) is 5.10 Å². The lowest BCUT2D eigenvalue weighted by Gasteiger charge is -2.19. The second kappa shape index (κ2) is 4.87. The molecule has 1 aliphatic rings. The van der Waals surface area contributed by atoms with Gasteiger partial charge in [-0.15, -0.1) is 0 Å². The predicted molar refractivity (Wildman–Crippen MR) is 66.8 cm³/mol. The Bertz CT molecular complexity index is 413. The molecule has 2 N–H and O–H groups in total. The van der Waals surface area contributed by atoms with Gasteiger partial charge in [0.05, 0.1) is 6.20 Å². The Morgan fingerprint density at radius 2 is 2.35 bits per heavy atom. The molecule has 1 atom stereocenters. The minimum atomic E-state index is 0.168. The molecule has 0 aromatic carbocycles. The average Bonchev–Trinajstić information content (AvgIpc) is 2.83.